The van der Waals surface area contributed by atoms with Crippen molar-refractivity contribution in [3.05, 3.63) is 65.0 Å². The summed E-state index contributed by atoms with van der Waals surface area (Å²) < 4.78 is 24.0. The van der Waals surface area contributed by atoms with E-state index in [0.29, 0.717) is 36.3 Å². The summed E-state index contributed by atoms with van der Waals surface area (Å²) in [7, 11) is 2.90. The number of likely N-dealkylation sites (tertiary alicyclic amines) is 1. The lowest BCUT2D eigenvalue weighted by Gasteiger charge is -2.25. The van der Waals surface area contributed by atoms with E-state index in [9.17, 15) is 23.9 Å². The number of ether oxygens (including phenoxy) is 2. The van der Waals surface area contributed by atoms with E-state index in [0.717, 1.165) is 0 Å². The van der Waals surface area contributed by atoms with Crippen molar-refractivity contribution in [1.82, 2.24) is 4.90 Å². The SMILES string of the molecule is COc1ccc(/C(O)=C2/C(=O)C(=O)N(CCCCCC(=O)O)C2c2ccc(F)cc2)cc1OC. The Balaban J connectivity index is 2.01. The Morgan fingerprint density at radius 3 is 2.26 bits per heavy atom. The third kappa shape index (κ3) is 5.19. The number of hydrogen-bond donors (Lipinski definition) is 2. The fourth-order valence-corrected chi connectivity index (χ4v) is 3.98. The van der Waals surface area contributed by atoms with Crippen LogP contribution in [0.2, 0.25) is 0 Å². The first kappa shape index (κ1) is 24.8. The lowest BCUT2D eigenvalue weighted by molar-refractivity contribution is -0.140. The third-order valence-corrected chi connectivity index (χ3v) is 5.67. The topological polar surface area (TPSA) is 113 Å². The summed E-state index contributed by atoms with van der Waals surface area (Å²) in [6.07, 6.45) is 1.46. The second-order valence-electron chi connectivity index (χ2n) is 7.82. The zero-order chi connectivity index (χ0) is 24.8. The first-order valence-electron chi connectivity index (χ1n) is 10.8. The number of hydrogen-bond acceptors (Lipinski definition) is 6. The van der Waals surface area contributed by atoms with E-state index in [1.165, 1.54) is 55.5 Å². The second kappa shape index (κ2) is 10.8. The second-order valence-corrected chi connectivity index (χ2v) is 7.82. The summed E-state index contributed by atoms with van der Waals surface area (Å²) in [4.78, 5) is 38.0. The first-order valence-corrected chi connectivity index (χ1v) is 10.8. The zero-order valence-corrected chi connectivity index (χ0v) is 18.9. The number of carbonyl (C=O) groups is 3. The van der Waals surface area contributed by atoms with Crippen LogP contribution in [0, 0.1) is 5.82 Å². The highest BCUT2D eigenvalue weighted by atomic mass is 19.1. The number of benzene rings is 2. The van der Waals surface area contributed by atoms with Crippen LogP contribution in [-0.2, 0) is 14.4 Å². The smallest absolute Gasteiger partial charge is 0.303 e. The highest BCUT2D eigenvalue weighted by molar-refractivity contribution is 6.46. The minimum Gasteiger partial charge on any atom is -0.507 e. The molecule has 1 aliphatic rings. The Kier molecular flexibility index (Phi) is 7.88. The number of methoxy groups -OCH3 is 2. The molecule has 2 N–H and O–H groups in total. The third-order valence-electron chi connectivity index (χ3n) is 5.67. The number of aliphatic carboxylic acids is 1. The van der Waals surface area contributed by atoms with E-state index in [-0.39, 0.29) is 29.9 Å². The average molecular weight is 471 g/mol. The molecule has 0 spiro atoms. The number of carboxylic acid groups (broad SMARTS) is 1. The highest BCUT2D eigenvalue weighted by Gasteiger charge is 2.45. The molecule has 1 unspecified atom stereocenters. The maximum Gasteiger partial charge on any atom is 0.303 e. The molecular formula is C25H26FNO7. The minimum absolute atomic E-state index is 0.0134. The number of aliphatic hydroxyl groups is 1. The molecule has 1 atom stereocenters. The van der Waals surface area contributed by atoms with Gasteiger partial charge in [0.2, 0.25) is 0 Å². The van der Waals surface area contributed by atoms with Crippen LogP contribution in [0.3, 0.4) is 0 Å². The summed E-state index contributed by atoms with van der Waals surface area (Å²) in [5, 5.41) is 19.9. The molecule has 0 bridgehead atoms. The van der Waals surface area contributed by atoms with E-state index in [4.69, 9.17) is 14.6 Å². The van der Waals surface area contributed by atoms with Gasteiger partial charge in [-0.2, -0.15) is 0 Å². The molecule has 1 amide bonds. The van der Waals surface area contributed by atoms with Gasteiger partial charge in [0.15, 0.2) is 11.5 Å². The van der Waals surface area contributed by atoms with Crippen molar-refractivity contribution in [2.24, 2.45) is 0 Å². The number of ketones is 1. The molecule has 1 heterocycles. The monoisotopic (exact) mass is 471 g/mol. The lowest BCUT2D eigenvalue weighted by atomic mass is 9.95. The summed E-state index contributed by atoms with van der Waals surface area (Å²) in [5.41, 5.74) is 0.603. The summed E-state index contributed by atoms with van der Waals surface area (Å²) in [6.45, 7) is 0.176. The Hall–Kier alpha value is -3.88. The molecule has 8 nitrogen and oxygen atoms in total. The molecule has 3 rings (SSSR count). The van der Waals surface area contributed by atoms with Gasteiger partial charge in [0, 0.05) is 18.5 Å². The van der Waals surface area contributed by atoms with Gasteiger partial charge in [0.1, 0.15) is 11.6 Å². The van der Waals surface area contributed by atoms with Gasteiger partial charge in [0.25, 0.3) is 11.7 Å². The van der Waals surface area contributed by atoms with Crippen LogP contribution in [0.25, 0.3) is 5.76 Å². The maximum absolute atomic E-state index is 13.6. The number of halogens is 1. The largest absolute Gasteiger partial charge is 0.507 e. The van der Waals surface area contributed by atoms with Crippen molar-refractivity contribution in [2.75, 3.05) is 20.8 Å². The minimum atomic E-state index is -0.923. The van der Waals surface area contributed by atoms with Gasteiger partial charge < -0.3 is 24.6 Å². The van der Waals surface area contributed by atoms with Gasteiger partial charge in [-0.25, -0.2) is 4.39 Å². The van der Waals surface area contributed by atoms with E-state index in [2.05, 4.69) is 0 Å². The number of nitrogens with zero attached hydrogens (tertiary/aromatic N) is 1. The highest BCUT2D eigenvalue weighted by Crippen LogP contribution is 2.40. The van der Waals surface area contributed by atoms with Crippen LogP contribution in [0.4, 0.5) is 4.39 Å². The van der Waals surface area contributed by atoms with E-state index < -0.39 is 29.5 Å². The number of amides is 1. The first-order chi connectivity index (χ1) is 16.3. The molecule has 2 aromatic carbocycles. The van der Waals surface area contributed by atoms with Crippen LogP contribution >= 0.6 is 0 Å². The molecule has 2 aromatic rings. The molecule has 0 saturated carbocycles. The van der Waals surface area contributed by atoms with Gasteiger partial charge in [0.05, 0.1) is 25.8 Å². The molecule has 1 saturated heterocycles. The van der Waals surface area contributed by atoms with Gasteiger partial charge >= 0.3 is 5.97 Å². The molecule has 0 aromatic heterocycles. The van der Waals surface area contributed by atoms with Crippen molar-refractivity contribution >= 4 is 23.4 Å². The number of aliphatic hydroxyl groups excluding tert-OH is 1. The van der Waals surface area contributed by atoms with E-state index in [1.54, 1.807) is 6.07 Å². The number of carbonyl (C=O) groups excluding carboxylic acids is 2. The van der Waals surface area contributed by atoms with Crippen molar-refractivity contribution in [2.45, 2.75) is 31.7 Å². The Morgan fingerprint density at radius 2 is 1.65 bits per heavy atom. The maximum atomic E-state index is 13.6. The zero-order valence-electron chi connectivity index (χ0n) is 18.9. The van der Waals surface area contributed by atoms with Crippen molar-refractivity contribution in [1.29, 1.82) is 0 Å². The molecule has 1 aliphatic heterocycles. The average Bonchev–Trinajstić information content (AvgIpc) is 3.08. The number of Topliss-reactive ketones (excluding diaryl/α,β-unsaturated/α-hetero) is 1. The lowest BCUT2D eigenvalue weighted by Crippen LogP contribution is -2.30. The van der Waals surface area contributed by atoms with Crippen LogP contribution in [0.1, 0.15) is 42.9 Å². The van der Waals surface area contributed by atoms with Gasteiger partial charge in [-0.05, 0) is 48.7 Å². The molecule has 1 fully saturated rings. The van der Waals surface area contributed by atoms with Crippen molar-refractivity contribution < 1.29 is 38.5 Å². The van der Waals surface area contributed by atoms with Gasteiger partial charge in [-0.15, -0.1) is 0 Å². The number of unbranched alkanes of at least 4 members (excludes halogenated alkanes) is 2. The van der Waals surface area contributed by atoms with Crippen LogP contribution in [0.5, 0.6) is 11.5 Å². The molecule has 180 valence electrons. The molecule has 34 heavy (non-hydrogen) atoms. The Bertz CT molecular complexity index is 1110. The fraction of sp³-hybridized carbons (Fsp3) is 0.320. The van der Waals surface area contributed by atoms with Crippen LogP contribution in [0.15, 0.2) is 48.0 Å². The van der Waals surface area contributed by atoms with Gasteiger partial charge in [-0.1, -0.05) is 18.6 Å². The standard InChI is InChI=1S/C25H26FNO7/c1-33-18-12-9-16(14-19(18)34-2)23(30)21-22(15-7-10-17(26)11-8-15)27(25(32)24(21)31)13-5-3-4-6-20(28)29/h7-12,14,22,30H,3-6,13H2,1-2H3,(H,28,29)/b23-21-. The van der Waals surface area contributed by atoms with Crippen molar-refractivity contribution in [3.63, 3.8) is 0 Å². The fourth-order valence-electron chi connectivity index (χ4n) is 3.98. The van der Waals surface area contributed by atoms with Crippen LogP contribution in [-0.4, -0.2) is 53.5 Å². The van der Waals surface area contributed by atoms with Gasteiger partial charge in [-0.3, -0.25) is 14.4 Å². The Labute approximate surface area is 196 Å². The predicted octanol–water partition coefficient (Wildman–Crippen LogP) is 3.91. The summed E-state index contributed by atoms with van der Waals surface area (Å²) >= 11 is 0. The normalized spacial score (nSPS) is 17.1. The van der Waals surface area contributed by atoms with E-state index >= 15 is 0 Å². The predicted molar refractivity (Wildman–Crippen MR) is 121 cm³/mol. The molecular weight excluding hydrogens is 445 g/mol. The number of carboxylic acids is 1. The van der Waals surface area contributed by atoms with E-state index in [1.807, 2.05) is 0 Å². The molecule has 9 heteroatoms. The van der Waals surface area contributed by atoms with Crippen LogP contribution < -0.4 is 9.47 Å². The summed E-state index contributed by atoms with van der Waals surface area (Å²) in [5.74, 6) is -2.65. The number of rotatable bonds is 10. The quantitative estimate of drug-likeness (QED) is 0.234. The van der Waals surface area contributed by atoms with Crippen molar-refractivity contribution in [3.8, 4) is 11.5 Å². The molecule has 0 aliphatic carbocycles. The Morgan fingerprint density at radius 1 is 0.971 bits per heavy atom. The summed E-state index contributed by atoms with van der Waals surface area (Å²) in [6, 6.07) is 9.05. The molecule has 0 radical (unpaired) electrons.